The van der Waals surface area contributed by atoms with Crippen LogP contribution < -0.4 is 10.6 Å². The number of carbonyl (C=O) groups excluding carboxylic acids is 1. The first-order valence-corrected chi connectivity index (χ1v) is 8.15. The van der Waals surface area contributed by atoms with E-state index in [1.807, 2.05) is 6.07 Å². The summed E-state index contributed by atoms with van der Waals surface area (Å²) in [6.07, 6.45) is 5.57. The molecule has 0 atom stereocenters. The minimum absolute atomic E-state index is 0.0298. The zero-order valence-electron chi connectivity index (χ0n) is 13.3. The van der Waals surface area contributed by atoms with Gasteiger partial charge in [-0.25, -0.2) is 0 Å². The Kier molecular flexibility index (Phi) is 5.80. The van der Waals surface area contributed by atoms with E-state index in [4.69, 9.17) is 0 Å². The summed E-state index contributed by atoms with van der Waals surface area (Å²) >= 11 is 0. The Hall–Kier alpha value is -1.35. The van der Waals surface area contributed by atoms with Gasteiger partial charge in [0.25, 0.3) is 0 Å². The molecule has 2 N–H and O–H groups in total. The van der Waals surface area contributed by atoms with E-state index in [1.54, 1.807) is 0 Å². The van der Waals surface area contributed by atoms with Crippen LogP contribution in [0.5, 0.6) is 0 Å². The van der Waals surface area contributed by atoms with Crippen molar-refractivity contribution >= 4 is 5.91 Å². The van der Waals surface area contributed by atoms with Crippen molar-refractivity contribution in [2.45, 2.75) is 51.5 Å². The molecule has 0 saturated heterocycles. The third-order valence-electron chi connectivity index (χ3n) is 4.19. The lowest BCUT2D eigenvalue weighted by Crippen LogP contribution is -2.50. The van der Waals surface area contributed by atoms with Crippen molar-refractivity contribution in [1.29, 1.82) is 0 Å². The fraction of sp³-hybridized carbons (Fsp3) is 0.611. The molecule has 0 heterocycles. The van der Waals surface area contributed by atoms with Gasteiger partial charge in [-0.05, 0) is 37.3 Å². The molecule has 1 amide bonds. The summed E-state index contributed by atoms with van der Waals surface area (Å²) in [7, 11) is 0. The molecule has 0 aromatic heterocycles. The molecule has 0 unspecified atom stereocenters. The Balaban J connectivity index is 1.90. The van der Waals surface area contributed by atoms with E-state index in [-0.39, 0.29) is 11.4 Å². The highest BCUT2D eigenvalue weighted by Gasteiger charge is 2.35. The third kappa shape index (κ3) is 5.16. The lowest BCUT2D eigenvalue weighted by Gasteiger charge is -2.31. The van der Waals surface area contributed by atoms with Gasteiger partial charge in [0.2, 0.25) is 5.91 Å². The molecule has 0 radical (unpaired) electrons. The minimum Gasteiger partial charge on any atom is -0.349 e. The van der Waals surface area contributed by atoms with E-state index in [2.05, 4.69) is 48.7 Å². The van der Waals surface area contributed by atoms with Crippen molar-refractivity contribution in [3.63, 3.8) is 0 Å². The maximum absolute atomic E-state index is 12.2. The largest absolute Gasteiger partial charge is 0.349 e. The normalized spacial score (nSPS) is 17.1. The lowest BCUT2D eigenvalue weighted by molar-refractivity contribution is -0.122. The third-order valence-corrected chi connectivity index (χ3v) is 4.19. The van der Waals surface area contributed by atoms with Gasteiger partial charge in [0, 0.05) is 5.54 Å². The maximum atomic E-state index is 12.2. The topological polar surface area (TPSA) is 41.1 Å². The second kappa shape index (κ2) is 7.60. The van der Waals surface area contributed by atoms with E-state index in [1.165, 1.54) is 18.4 Å². The Morgan fingerprint density at radius 2 is 1.86 bits per heavy atom. The van der Waals surface area contributed by atoms with Gasteiger partial charge < -0.3 is 10.6 Å². The van der Waals surface area contributed by atoms with Gasteiger partial charge in [-0.15, -0.1) is 0 Å². The summed E-state index contributed by atoms with van der Waals surface area (Å²) in [5.41, 5.74) is 1.28. The van der Waals surface area contributed by atoms with E-state index in [0.29, 0.717) is 12.5 Å². The number of amides is 1. The van der Waals surface area contributed by atoms with E-state index in [0.717, 1.165) is 25.8 Å². The average molecular weight is 288 g/mol. The summed E-state index contributed by atoms with van der Waals surface area (Å²) in [6.45, 7) is 5.62. The maximum Gasteiger partial charge on any atom is 0.234 e. The molecule has 1 saturated carbocycles. The first-order chi connectivity index (χ1) is 10.1. The van der Waals surface area contributed by atoms with Crippen LogP contribution in [0.1, 0.15) is 45.1 Å². The predicted octanol–water partition coefficient (Wildman–Crippen LogP) is 2.90. The summed E-state index contributed by atoms with van der Waals surface area (Å²) in [5.74, 6) is 0.705. The second-order valence-electron chi connectivity index (χ2n) is 6.72. The Labute approximate surface area is 128 Å². The minimum atomic E-state index is -0.0298. The van der Waals surface area contributed by atoms with Crippen LogP contribution in [0.15, 0.2) is 30.3 Å². The molecule has 3 nitrogen and oxygen atoms in total. The van der Waals surface area contributed by atoms with Crippen molar-refractivity contribution < 1.29 is 4.79 Å². The zero-order chi connectivity index (χ0) is 15.1. The molecule has 21 heavy (non-hydrogen) atoms. The number of hydrogen-bond acceptors (Lipinski definition) is 2. The van der Waals surface area contributed by atoms with Crippen molar-refractivity contribution in [1.82, 2.24) is 10.6 Å². The molecule has 116 valence electrons. The lowest BCUT2D eigenvalue weighted by atomic mass is 9.89. The number of nitrogens with one attached hydrogen (secondary N) is 2. The van der Waals surface area contributed by atoms with Gasteiger partial charge in [-0.1, -0.05) is 57.0 Å². The average Bonchev–Trinajstić information content (AvgIpc) is 2.87. The van der Waals surface area contributed by atoms with Gasteiger partial charge in [0.15, 0.2) is 0 Å². The van der Waals surface area contributed by atoms with Gasteiger partial charge >= 0.3 is 0 Å². The second-order valence-corrected chi connectivity index (χ2v) is 6.72. The molecule has 1 fully saturated rings. The Morgan fingerprint density at radius 1 is 1.19 bits per heavy atom. The SMILES string of the molecule is CC(C)CNCC(=O)NC1(Cc2ccccc2)CCCC1. The Morgan fingerprint density at radius 3 is 2.48 bits per heavy atom. The summed E-state index contributed by atoms with van der Waals surface area (Å²) in [5, 5.41) is 6.54. The molecule has 1 aliphatic rings. The van der Waals surface area contributed by atoms with Crippen LogP contribution in [0.3, 0.4) is 0 Å². The van der Waals surface area contributed by atoms with Gasteiger partial charge in [-0.3, -0.25) is 4.79 Å². The van der Waals surface area contributed by atoms with Crippen LogP contribution in [-0.2, 0) is 11.2 Å². The van der Waals surface area contributed by atoms with Crippen LogP contribution in [0.25, 0.3) is 0 Å². The molecule has 1 aromatic rings. The zero-order valence-corrected chi connectivity index (χ0v) is 13.3. The summed E-state index contributed by atoms with van der Waals surface area (Å²) in [6, 6.07) is 10.5. The molecular weight excluding hydrogens is 260 g/mol. The van der Waals surface area contributed by atoms with E-state index < -0.39 is 0 Å². The summed E-state index contributed by atoms with van der Waals surface area (Å²) in [4.78, 5) is 12.2. The molecular formula is C18H28N2O. The quantitative estimate of drug-likeness (QED) is 0.810. The number of rotatable bonds is 7. The summed E-state index contributed by atoms with van der Waals surface area (Å²) < 4.78 is 0. The van der Waals surface area contributed by atoms with Crippen LogP contribution in [-0.4, -0.2) is 24.5 Å². The van der Waals surface area contributed by atoms with Crippen molar-refractivity contribution in [3.8, 4) is 0 Å². The van der Waals surface area contributed by atoms with Crippen LogP contribution >= 0.6 is 0 Å². The van der Waals surface area contributed by atoms with Crippen LogP contribution in [0.4, 0.5) is 0 Å². The van der Waals surface area contributed by atoms with Crippen molar-refractivity contribution in [2.75, 3.05) is 13.1 Å². The molecule has 0 aliphatic heterocycles. The Bertz CT molecular complexity index is 436. The van der Waals surface area contributed by atoms with Crippen LogP contribution in [0, 0.1) is 5.92 Å². The highest BCUT2D eigenvalue weighted by atomic mass is 16.2. The number of hydrogen-bond donors (Lipinski definition) is 2. The fourth-order valence-electron chi connectivity index (χ4n) is 3.20. The highest BCUT2D eigenvalue weighted by Crippen LogP contribution is 2.32. The standard InChI is InChI=1S/C18H28N2O/c1-15(2)13-19-14-17(21)20-18(10-6-7-11-18)12-16-8-4-3-5-9-16/h3-5,8-9,15,19H,6-7,10-14H2,1-2H3,(H,20,21). The number of benzene rings is 1. The van der Waals surface area contributed by atoms with Gasteiger partial charge in [0.05, 0.1) is 6.54 Å². The number of carbonyl (C=O) groups is 1. The van der Waals surface area contributed by atoms with E-state index >= 15 is 0 Å². The fourth-order valence-corrected chi connectivity index (χ4v) is 3.20. The monoisotopic (exact) mass is 288 g/mol. The van der Waals surface area contributed by atoms with Crippen molar-refractivity contribution in [2.24, 2.45) is 5.92 Å². The van der Waals surface area contributed by atoms with E-state index in [9.17, 15) is 4.79 Å². The smallest absolute Gasteiger partial charge is 0.234 e. The molecule has 1 aliphatic carbocycles. The molecule has 0 spiro atoms. The highest BCUT2D eigenvalue weighted by molar-refractivity contribution is 5.79. The molecule has 3 heteroatoms. The van der Waals surface area contributed by atoms with Crippen LogP contribution in [0.2, 0.25) is 0 Å². The molecule has 1 aromatic carbocycles. The first-order valence-electron chi connectivity index (χ1n) is 8.15. The van der Waals surface area contributed by atoms with Crippen molar-refractivity contribution in [3.05, 3.63) is 35.9 Å². The van der Waals surface area contributed by atoms with Gasteiger partial charge in [0.1, 0.15) is 0 Å². The predicted molar refractivity (Wildman–Crippen MR) is 87.2 cm³/mol. The molecule has 0 bridgehead atoms. The van der Waals surface area contributed by atoms with Gasteiger partial charge in [-0.2, -0.15) is 0 Å². The first kappa shape index (κ1) is 16.0. The molecule has 2 rings (SSSR count).